The van der Waals surface area contributed by atoms with E-state index in [1.54, 1.807) is 24.3 Å². The van der Waals surface area contributed by atoms with Gasteiger partial charge in [-0.1, -0.05) is 17.7 Å². The van der Waals surface area contributed by atoms with Crippen molar-refractivity contribution in [3.05, 3.63) is 35.0 Å². The number of hydroxylamine groups is 3. The first-order valence-corrected chi connectivity index (χ1v) is 8.36. The van der Waals surface area contributed by atoms with Crippen molar-refractivity contribution in [2.45, 2.75) is 30.8 Å². The highest BCUT2D eigenvalue weighted by molar-refractivity contribution is 7.86. The maximum Gasteiger partial charge on any atom is 0.297 e. The SMILES string of the molecule is Cc1ccc(S(=O)(=O)OC2C[N+]3([O-])CCC2CC3)cc1. The second-order valence-electron chi connectivity index (χ2n) is 5.93. The van der Waals surface area contributed by atoms with Gasteiger partial charge in [-0.25, -0.2) is 0 Å². The summed E-state index contributed by atoms with van der Waals surface area (Å²) in [6, 6.07) is 6.59. The van der Waals surface area contributed by atoms with Gasteiger partial charge in [0, 0.05) is 18.8 Å². The number of aryl methyl sites for hydroxylation is 1. The molecule has 3 heterocycles. The maximum atomic E-state index is 12.3. The van der Waals surface area contributed by atoms with Crippen LogP contribution < -0.4 is 0 Å². The van der Waals surface area contributed by atoms with Gasteiger partial charge >= 0.3 is 0 Å². The van der Waals surface area contributed by atoms with Gasteiger partial charge < -0.3 is 9.85 Å². The summed E-state index contributed by atoms with van der Waals surface area (Å²) in [6.45, 7) is 3.34. The average molecular weight is 297 g/mol. The van der Waals surface area contributed by atoms with E-state index in [-0.39, 0.29) is 22.0 Å². The van der Waals surface area contributed by atoms with Crippen molar-refractivity contribution in [2.24, 2.45) is 5.92 Å². The molecule has 2 bridgehead atoms. The summed E-state index contributed by atoms with van der Waals surface area (Å²) in [4.78, 5) is 0.164. The number of piperidine rings is 3. The minimum atomic E-state index is -3.77. The molecule has 20 heavy (non-hydrogen) atoms. The van der Waals surface area contributed by atoms with Gasteiger partial charge in [0.2, 0.25) is 0 Å². The maximum absolute atomic E-state index is 12.3. The zero-order chi connectivity index (χ0) is 14.4. The molecule has 6 heteroatoms. The van der Waals surface area contributed by atoms with Crippen LogP contribution in [0, 0.1) is 18.0 Å². The zero-order valence-corrected chi connectivity index (χ0v) is 12.3. The van der Waals surface area contributed by atoms with Gasteiger partial charge in [0.05, 0.1) is 18.0 Å². The number of hydrogen-bond acceptors (Lipinski definition) is 4. The molecule has 1 aromatic carbocycles. The van der Waals surface area contributed by atoms with Crippen LogP contribution >= 0.6 is 0 Å². The van der Waals surface area contributed by atoms with Crippen LogP contribution in [-0.2, 0) is 14.3 Å². The van der Waals surface area contributed by atoms with E-state index >= 15 is 0 Å². The van der Waals surface area contributed by atoms with Gasteiger partial charge in [0.25, 0.3) is 10.1 Å². The molecular weight excluding hydrogens is 278 g/mol. The summed E-state index contributed by atoms with van der Waals surface area (Å²) in [7, 11) is -3.77. The van der Waals surface area contributed by atoms with E-state index in [1.165, 1.54) is 0 Å². The highest BCUT2D eigenvalue weighted by Crippen LogP contribution is 2.36. The normalized spacial score (nSPS) is 33.3. The van der Waals surface area contributed by atoms with E-state index < -0.39 is 16.2 Å². The Morgan fingerprint density at radius 1 is 1.20 bits per heavy atom. The number of quaternary nitrogens is 1. The number of rotatable bonds is 3. The Morgan fingerprint density at radius 3 is 2.35 bits per heavy atom. The van der Waals surface area contributed by atoms with E-state index in [2.05, 4.69) is 0 Å². The van der Waals surface area contributed by atoms with Crippen LogP contribution in [-0.4, -0.2) is 38.8 Å². The summed E-state index contributed by atoms with van der Waals surface area (Å²) in [6.07, 6.45) is 1.05. The van der Waals surface area contributed by atoms with Crippen LogP contribution in [0.4, 0.5) is 0 Å². The van der Waals surface area contributed by atoms with E-state index in [0.717, 1.165) is 18.4 Å². The smallest absolute Gasteiger partial charge is 0.297 e. The lowest BCUT2D eigenvalue weighted by Crippen LogP contribution is -2.61. The molecule has 1 unspecified atom stereocenters. The molecule has 0 saturated carbocycles. The standard InChI is InChI=1S/C14H19NO4S/c1-11-2-4-13(5-3-11)20(17,18)19-14-10-15(16)8-6-12(14)7-9-15/h2-5,12,14H,6-10H2,1H3. The van der Waals surface area contributed by atoms with Crippen molar-refractivity contribution >= 4 is 10.1 Å². The third-order valence-corrected chi connectivity index (χ3v) is 5.76. The predicted molar refractivity (Wildman–Crippen MR) is 74.2 cm³/mol. The van der Waals surface area contributed by atoms with E-state index in [1.807, 2.05) is 6.92 Å². The van der Waals surface area contributed by atoms with Crippen LogP contribution in [0.1, 0.15) is 18.4 Å². The third-order valence-electron chi connectivity index (χ3n) is 4.41. The Balaban J connectivity index is 1.78. The fraction of sp³-hybridized carbons (Fsp3) is 0.571. The Hall–Kier alpha value is -0.950. The van der Waals surface area contributed by atoms with Crippen molar-refractivity contribution in [1.82, 2.24) is 0 Å². The minimum Gasteiger partial charge on any atom is -0.633 e. The number of fused-ring (bicyclic) bond motifs is 3. The lowest BCUT2D eigenvalue weighted by molar-refractivity contribution is -0.900. The average Bonchev–Trinajstić information content (AvgIpc) is 2.39. The molecule has 0 radical (unpaired) electrons. The van der Waals surface area contributed by atoms with Gasteiger partial charge in [-0.2, -0.15) is 8.42 Å². The fourth-order valence-electron chi connectivity index (χ4n) is 3.12. The first-order valence-electron chi connectivity index (χ1n) is 6.95. The highest BCUT2D eigenvalue weighted by atomic mass is 32.2. The number of nitrogens with zero attached hydrogens (tertiary/aromatic N) is 1. The summed E-state index contributed by atoms with van der Waals surface area (Å²) < 4.78 is 29.6. The van der Waals surface area contributed by atoms with Crippen molar-refractivity contribution in [3.8, 4) is 0 Å². The molecule has 3 aliphatic heterocycles. The van der Waals surface area contributed by atoms with Gasteiger partial charge in [0.1, 0.15) is 12.6 Å². The van der Waals surface area contributed by atoms with Crippen LogP contribution in [0.15, 0.2) is 29.2 Å². The Morgan fingerprint density at radius 2 is 1.80 bits per heavy atom. The second-order valence-corrected chi connectivity index (χ2v) is 7.50. The van der Waals surface area contributed by atoms with Gasteiger partial charge in [-0.05, 0) is 19.1 Å². The number of benzene rings is 1. The van der Waals surface area contributed by atoms with Gasteiger partial charge in [-0.15, -0.1) is 0 Å². The quantitative estimate of drug-likeness (QED) is 0.485. The second kappa shape index (κ2) is 4.80. The molecule has 1 atom stereocenters. The molecule has 5 nitrogen and oxygen atoms in total. The van der Waals surface area contributed by atoms with Crippen LogP contribution in [0.5, 0.6) is 0 Å². The molecule has 1 aromatic rings. The molecule has 0 amide bonds. The van der Waals surface area contributed by atoms with Crippen LogP contribution in [0.2, 0.25) is 0 Å². The molecule has 0 aliphatic carbocycles. The Labute approximate surface area is 119 Å². The third kappa shape index (κ3) is 2.61. The molecule has 3 fully saturated rings. The number of hydrogen-bond donors (Lipinski definition) is 0. The van der Waals surface area contributed by atoms with Crippen molar-refractivity contribution in [1.29, 1.82) is 0 Å². The Kier molecular flexibility index (Phi) is 3.36. The largest absolute Gasteiger partial charge is 0.633 e. The predicted octanol–water partition coefficient (Wildman–Crippen LogP) is 1.81. The Bertz CT molecular complexity index is 588. The molecule has 0 spiro atoms. The molecule has 3 aliphatic rings. The lowest BCUT2D eigenvalue weighted by Gasteiger charge is -2.54. The monoisotopic (exact) mass is 297 g/mol. The van der Waals surface area contributed by atoms with E-state index in [0.29, 0.717) is 13.1 Å². The molecule has 110 valence electrons. The molecular formula is C14H19NO4S. The molecule has 3 saturated heterocycles. The summed E-state index contributed by atoms with van der Waals surface area (Å²) >= 11 is 0. The summed E-state index contributed by atoms with van der Waals surface area (Å²) in [5.74, 6) is 0.198. The summed E-state index contributed by atoms with van der Waals surface area (Å²) in [5, 5.41) is 12.3. The molecule has 0 aromatic heterocycles. The van der Waals surface area contributed by atoms with Gasteiger partial charge in [0.15, 0.2) is 0 Å². The van der Waals surface area contributed by atoms with E-state index in [4.69, 9.17) is 4.18 Å². The first-order chi connectivity index (χ1) is 9.38. The zero-order valence-electron chi connectivity index (χ0n) is 11.5. The van der Waals surface area contributed by atoms with Crippen LogP contribution in [0.25, 0.3) is 0 Å². The van der Waals surface area contributed by atoms with Gasteiger partial charge in [-0.3, -0.25) is 4.18 Å². The molecule has 0 N–H and O–H groups in total. The highest BCUT2D eigenvalue weighted by Gasteiger charge is 2.44. The van der Waals surface area contributed by atoms with Crippen molar-refractivity contribution < 1.29 is 17.2 Å². The fourth-order valence-corrected chi connectivity index (χ4v) is 4.25. The lowest BCUT2D eigenvalue weighted by atomic mass is 9.85. The first kappa shape index (κ1) is 14.0. The van der Waals surface area contributed by atoms with Crippen molar-refractivity contribution in [3.63, 3.8) is 0 Å². The molecule has 4 rings (SSSR count). The van der Waals surface area contributed by atoms with E-state index in [9.17, 15) is 13.6 Å². The van der Waals surface area contributed by atoms with Crippen molar-refractivity contribution in [2.75, 3.05) is 19.6 Å². The topological polar surface area (TPSA) is 66.4 Å². The summed E-state index contributed by atoms with van der Waals surface area (Å²) in [5.41, 5.74) is 0.996. The minimum absolute atomic E-state index is 0.164. The van der Waals surface area contributed by atoms with Crippen LogP contribution in [0.3, 0.4) is 0 Å².